The highest BCUT2D eigenvalue weighted by Crippen LogP contribution is 1.92. The van der Waals surface area contributed by atoms with E-state index in [9.17, 15) is 0 Å². The summed E-state index contributed by atoms with van der Waals surface area (Å²) in [6, 6.07) is 0. The normalized spacial score (nSPS) is 13.0. The average Bonchev–Trinajstić information content (AvgIpc) is 1.88. The second-order valence-corrected chi connectivity index (χ2v) is 1.96. The highest BCUT2D eigenvalue weighted by Gasteiger charge is 1.86. The van der Waals surface area contributed by atoms with Gasteiger partial charge in [-0.1, -0.05) is 19.4 Å². The quantitative estimate of drug-likeness (QED) is 0.514. The van der Waals surface area contributed by atoms with E-state index in [0.717, 1.165) is 6.42 Å². The smallest absolute Gasteiger partial charge is 0.0341 e. The van der Waals surface area contributed by atoms with Crippen molar-refractivity contribution in [1.29, 1.82) is 0 Å². The van der Waals surface area contributed by atoms with E-state index in [4.69, 9.17) is 0 Å². The highest BCUT2D eigenvalue weighted by atomic mass is 14.7. The number of rotatable bonds is 3. The maximum Gasteiger partial charge on any atom is 0.0341 e. The van der Waals surface area contributed by atoms with E-state index in [1.807, 2.05) is 20.0 Å². The molecule has 0 fully saturated rings. The Bertz CT molecular complexity index is 112. The van der Waals surface area contributed by atoms with Crippen molar-refractivity contribution in [2.45, 2.75) is 26.7 Å². The van der Waals surface area contributed by atoms with Gasteiger partial charge in [0.05, 0.1) is 0 Å². The fourth-order valence-corrected chi connectivity index (χ4v) is 0.718. The van der Waals surface area contributed by atoms with Crippen LogP contribution in [0.1, 0.15) is 26.7 Å². The van der Waals surface area contributed by atoms with Crippen LogP contribution in [0.3, 0.4) is 0 Å². The van der Waals surface area contributed by atoms with Crippen LogP contribution < -0.4 is 0 Å². The largest absolute Gasteiger partial charge is 0.293 e. The van der Waals surface area contributed by atoms with Gasteiger partial charge in [-0.25, -0.2) is 0 Å². The van der Waals surface area contributed by atoms with Gasteiger partial charge < -0.3 is 0 Å². The lowest BCUT2D eigenvalue weighted by atomic mass is 10.2. The molecule has 9 heavy (non-hydrogen) atoms. The molecular weight excluding hydrogens is 110 g/mol. The topological polar surface area (TPSA) is 12.4 Å². The Labute approximate surface area is 57.5 Å². The second-order valence-electron chi connectivity index (χ2n) is 1.96. The third-order valence-electron chi connectivity index (χ3n) is 1.15. The molecule has 0 aromatic rings. The van der Waals surface area contributed by atoms with Crippen LogP contribution in [-0.2, 0) is 0 Å². The van der Waals surface area contributed by atoms with Gasteiger partial charge in [0, 0.05) is 12.8 Å². The molecule has 0 radical (unpaired) electrons. The molecule has 0 atom stereocenters. The summed E-state index contributed by atoms with van der Waals surface area (Å²) in [6.07, 6.45) is 6.36. The summed E-state index contributed by atoms with van der Waals surface area (Å²) in [7, 11) is 1.84. The minimum absolute atomic E-state index is 1.10. The van der Waals surface area contributed by atoms with E-state index in [-0.39, 0.29) is 0 Å². The molecule has 52 valence electrons. The number of aliphatic imine (C=N–C) groups is 1. The molecule has 0 N–H and O–H groups in total. The van der Waals surface area contributed by atoms with Gasteiger partial charge in [-0.2, -0.15) is 0 Å². The molecule has 1 heteroatoms. The summed E-state index contributed by atoms with van der Waals surface area (Å²) < 4.78 is 0. The Hall–Kier alpha value is -0.590. The van der Waals surface area contributed by atoms with Crippen molar-refractivity contribution in [3.05, 3.63) is 12.2 Å². The average molecular weight is 125 g/mol. The summed E-state index contributed by atoms with van der Waals surface area (Å²) in [4.78, 5) is 4.10. The van der Waals surface area contributed by atoms with E-state index in [0.29, 0.717) is 0 Å². The van der Waals surface area contributed by atoms with E-state index in [1.54, 1.807) is 0 Å². The van der Waals surface area contributed by atoms with Crippen molar-refractivity contribution in [1.82, 2.24) is 0 Å². The molecule has 0 amide bonds. The molecule has 0 bridgehead atoms. The molecule has 0 unspecified atom stereocenters. The van der Waals surface area contributed by atoms with Crippen LogP contribution in [0, 0.1) is 0 Å². The summed E-state index contributed by atoms with van der Waals surface area (Å²) >= 11 is 0. The number of allylic oxidation sites excluding steroid dienone is 2. The van der Waals surface area contributed by atoms with Crippen LogP contribution in [0.2, 0.25) is 0 Å². The van der Waals surface area contributed by atoms with Crippen molar-refractivity contribution >= 4 is 5.71 Å². The van der Waals surface area contributed by atoms with Crippen LogP contribution >= 0.6 is 0 Å². The Morgan fingerprint density at radius 3 is 2.56 bits per heavy atom. The maximum atomic E-state index is 4.10. The van der Waals surface area contributed by atoms with Gasteiger partial charge in [-0.15, -0.1) is 0 Å². The van der Waals surface area contributed by atoms with Crippen LogP contribution in [0.15, 0.2) is 17.1 Å². The first-order valence-electron chi connectivity index (χ1n) is 3.43. The fourth-order valence-electron chi connectivity index (χ4n) is 0.718. The van der Waals surface area contributed by atoms with Crippen LogP contribution in [0.25, 0.3) is 0 Å². The van der Waals surface area contributed by atoms with E-state index >= 15 is 0 Å². The van der Waals surface area contributed by atoms with E-state index < -0.39 is 0 Å². The van der Waals surface area contributed by atoms with Crippen LogP contribution in [-0.4, -0.2) is 12.8 Å². The maximum absolute atomic E-state index is 4.10. The first-order chi connectivity index (χ1) is 4.35. The number of hydrogen-bond acceptors (Lipinski definition) is 1. The molecule has 0 heterocycles. The fraction of sp³-hybridized carbons (Fsp3) is 0.625. The molecular formula is C8H15N. The minimum Gasteiger partial charge on any atom is -0.293 e. The predicted molar refractivity (Wildman–Crippen MR) is 43.1 cm³/mol. The van der Waals surface area contributed by atoms with Crippen molar-refractivity contribution in [3.63, 3.8) is 0 Å². The van der Waals surface area contributed by atoms with Gasteiger partial charge in [0.25, 0.3) is 0 Å². The van der Waals surface area contributed by atoms with Gasteiger partial charge in [-0.05, 0) is 19.4 Å². The molecule has 0 aromatic carbocycles. The third-order valence-corrected chi connectivity index (χ3v) is 1.15. The van der Waals surface area contributed by atoms with Crippen molar-refractivity contribution < 1.29 is 0 Å². The molecule has 0 aliphatic rings. The lowest BCUT2D eigenvalue weighted by Crippen LogP contribution is -1.90. The van der Waals surface area contributed by atoms with Gasteiger partial charge in [0.2, 0.25) is 0 Å². The van der Waals surface area contributed by atoms with Crippen LogP contribution in [0.4, 0.5) is 0 Å². The molecule has 0 rings (SSSR count). The summed E-state index contributed by atoms with van der Waals surface area (Å²) in [5.74, 6) is 0. The number of nitrogens with zero attached hydrogens (tertiary/aromatic N) is 1. The minimum atomic E-state index is 1.10. The Morgan fingerprint density at radius 2 is 2.22 bits per heavy atom. The Balaban J connectivity index is 3.70. The molecule has 0 aliphatic heterocycles. The first kappa shape index (κ1) is 8.41. The number of hydrogen-bond donors (Lipinski definition) is 0. The SMILES string of the molecule is C/C=C\C(CCC)=N/C. The van der Waals surface area contributed by atoms with Crippen molar-refractivity contribution in [3.8, 4) is 0 Å². The van der Waals surface area contributed by atoms with E-state index in [1.165, 1.54) is 12.1 Å². The molecule has 0 spiro atoms. The van der Waals surface area contributed by atoms with Gasteiger partial charge >= 0.3 is 0 Å². The van der Waals surface area contributed by atoms with Crippen LogP contribution in [0.5, 0.6) is 0 Å². The van der Waals surface area contributed by atoms with E-state index in [2.05, 4.69) is 18.0 Å². The summed E-state index contributed by atoms with van der Waals surface area (Å²) in [5, 5.41) is 0. The van der Waals surface area contributed by atoms with Gasteiger partial charge in [0.15, 0.2) is 0 Å². The standard InChI is InChI=1S/C8H15N/c1-4-6-8(9-3)7-5-2/h4,6H,5,7H2,1-3H3/b6-4-,9-8+. The lowest BCUT2D eigenvalue weighted by Gasteiger charge is -1.93. The Morgan fingerprint density at radius 1 is 1.56 bits per heavy atom. The zero-order valence-electron chi connectivity index (χ0n) is 6.52. The zero-order valence-corrected chi connectivity index (χ0v) is 6.52. The monoisotopic (exact) mass is 125 g/mol. The predicted octanol–water partition coefficient (Wildman–Crippen LogP) is 2.43. The van der Waals surface area contributed by atoms with Crippen molar-refractivity contribution in [2.24, 2.45) is 4.99 Å². The molecule has 0 saturated heterocycles. The van der Waals surface area contributed by atoms with Crippen molar-refractivity contribution in [2.75, 3.05) is 7.05 Å². The first-order valence-corrected chi connectivity index (χ1v) is 3.43. The molecule has 0 aromatic heterocycles. The third kappa shape index (κ3) is 3.95. The molecule has 0 saturated carbocycles. The highest BCUT2D eigenvalue weighted by molar-refractivity contribution is 5.94. The van der Waals surface area contributed by atoms with Gasteiger partial charge in [0.1, 0.15) is 0 Å². The second kappa shape index (κ2) is 5.54. The lowest BCUT2D eigenvalue weighted by molar-refractivity contribution is 0.993. The molecule has 0 aliphatic carbocycles. The Kier molecular flexibility index (Phi) is 5.18. The summed E-state index contributed by atoms with van der Waals surface area (Å²) in [5.41, 5.74) is 1.19. The summed E-state index contributed by atoms with van der Waals surface area (Å²) in [6.45, 7) is 4.18. The zero-order chi connectivity index (χ0) is 7.11. The molecule has 1 nitrogen and oxygen atoms in total. The van der Waals surface area contributed by atoms with Gasteiger partial charge in [-0.3, -0.25) is 4.99 Å².